The Bertz CT molecular complexity index is 198. The molecular weight excluding hydrogens is 190 g/mol. The quantitative estimate of drug-likeness (QED) is 0.763. The van der Waals surface area contributed by atoms with Crippen LogP contribution >= 0.6 is 0 Å². The van der Waals surface area contributed by atoms with Gasteiger partial charge < -0.3 is 10.2 Å². The Labute approximate surface area is 92.6 Å². The maximum absolute atomic E-state index is 11.7. The Morgan fingerprint density at radius 1 is 1.27 bits per heavy atom. The lowest BCUT2D eigenvalue weighted by Crippen LogP contribution is -2.52. The van der Waals surface area contributed by atoms with E-state index in [4.69, 9.17) is 0 Å². The summed E-state index contributed by atoms with van der Waals surface area (Å²) in [4.78, 5) is 16.0. The topological polar surface area (TPSA) is 35.6 Å². The minimum absolute atomic E-state index is 0.0844. The van der Waals surface area contributed by atoms with Crippen LogP contribution in [0.15, 0.2) is 0 Å². The van der Waals surface area contributed by atoms with E-state index in [-0.39, 0.29) is 12.1 Å². The van der Waals surface area contributed by atoms with E-state index in [2.05, 4.69) is 17.1 Å². The molecule has 1 aliphatic rings. The number of nitrogens with zero attached hydrogens (tertiary/aromatic N) is 2. The maximum Gasteiger partial charge on any atom is 0.317 e. The molecule has 0 aromatic carbocycles. The van der Waals surface area contributed by atoms with Crippen LogP contribution in [0.25, 0.3) is 0 Å². The predicted molar refractivity (Wildman–Crippen MR) is 62.0 cm³/mol. The first-order valence-corrected chi connectivity index (χ1v) is 5.91. The van der Waals surface area contributed by atoms with Gasteiger partial charge in [-0.25, -0.2) is 4.79 Å². The van der Waals surface area contributed by atoms with Gasteiger partial charge in [0.1, 0.15) is 0 Å². The van der Waals surface area contributed by atoms with Crippen molar-refractivity contribution in [1.82, 2.24) is 15.1 Å². The summed E-state index contributed by atoms with van der Waals surface area (Å²) in [6.45, 7) is 11.1. The van der Waals surface area contributed by atoms with Gasteiger partial charge in [-0.05, 0) is 26.8 Å². The van der Waals surface area contributed by atoms with Crippen LogP contribution in [0.3, 0.4) is 0 Å². The number of carbonyl (C=O) groups excluding carboxylic acids is 1. The van der Waals surface area contributed by atoms with Crippen LogP contribution in [-0.2, 0) is 0 Å². The molecule has 1 N–H and O–H groups in total. The zero-order chi connectivity index (χ0) is 11.3. The first kappa shape index (κ1) is 12.3. The molecule has 1 aliphatic heterocycles. The van der Waals surface area contributed by atoms with Crippen molar-refractivity contribution in [3.8, 4) is 0 Å². The fourth-order valence-electron chi connectivity index (χ4n) is 1.83. The van der Waals surface area contributed by atoms with Crippen molar-refractivity contribution in [1.29, 1.82) is 0 Å². The predicted octanol–water partition coefficient (Wildman–Crippen LogP) is 1.13. The fraction of sp³-hybridized carbons (Fsp3) is 0.909. The molecule has 0 bridgehead atoms. The second-order valence-electron chi connectivity index (χ2n) is 4.43. The smallest absolute Gasteiger partial charge is 0.317 e. The Kier molecular flexibility index (Phi) is 4.88. The van der Waals surface area contributed by atoms with Crippen molar-refractivity contribution in [3.63, 3.8) is 0 Å². The molecule has 4 heteroatoms. The minimum Gasteiger partial charge on any atom is -0.336 e. The molecule has 0 aromatic heterocycles. The zero-order valence-electron chi connectivity index (χ0n) is 10.1. The molecule has 0 spiro atoms. The van der Waals surface area contributed by atoms with E-state index in [1.54, 1.807) is 0 Å². The van der Waals surface area contributed by atoms with E-state index in [1.807, 2.05) is 18.7 Å². The molecule has 0 saturated carbocycles. The summed E-state index contributed by atoms with van der Waals surface area (Å²) in [6, 6.07) is 0.312. The van der Waals surface area contributed by atoms with Gasteiger partial charge >= 0.3 is 6.03 Å². The minimum atomic E-state index is 0.0844. The molecule has 88 valence electrons. The van der Waals surface area contributed by atoms with Crippen LogP contribution in [0.5, 0.6) is 0 Å². The van der Waals surface area contributed by atoms with Gasteiger partial charge in [0.15, 0.2) is 0 Å². The van der Waals surface area contributed by atoms with Gasteiger partial charge in [0, 0.05) is 32.2 Å². The van der Waals surface area contributed by atoms with Crippen LogP contribution in [-0.4, -0.2) is 54.6 Å². The third-order valence-electron chi connectivity index (χ3n) is 2.61. The summed E-state index contributed by atoms with van der Waals surface area (Å²) in [6.07, 6.45) is 1.19. The lowest BCUT2D eigenvalue weighted by molar-refractivity contribution is 0.138. The van der Waals surface area contributed by atoms with Crippen molar-refractivity contribution in [2.24, 2.45) is 0 Å². The average Bonchev–Trinajstić information content (AvgIpc) is 2.18. The number of piperazine rings is 1. The number of rotatable bonds is 3. The SMILES string of the molecule is CCCN1CCN(C(=O)NC(C)C)CC1. The van der Waals surface area contributed by atoms with Crippen molar-refractivity contribution < 1.29 is 4.79 Å². The Hall–Kier alpha value is -0.770. The second-order valence-corrected chi connectivity index (χ2v) is 4.43. The van der Waals surface area contributed by atoms with Gasteiger partial charge in [0.05, 0.1) is 0 Å². The third-order valence-corrected chi connectivity index (χ3v) is 2.61. The molecule has 0 radical (unpaired) electrons. The summed E-state index contributed by atoms with van der Waals surface area (Å²) in [5.41, 5.74) is 0. The number of urea groups is 1. The first-order chi connectivity index (χ1) is 7.13. The van der Waals surface area contributed by atoms with Crippen LogP contribution in [0.4, 0.5) is 4.79 Å². The molecule has 0 unspecified atom stereocenters. The Balaban J connectivity index is 2.27. The summed E-state index contributed by atoms with van der Waals surface area (Å²) >= 11 is 0. The van der Waals surface area contributed by atoms with Crippen molar-refractivity contribution >= 4 is 6.03 Å². The molecule has 2 amide bonds. The number of nitrogens with one attached hydrogen (secondary N) is 1. The summed E-state index contributed by atoms with van der Waals surface area (Å²) < 4.78 is 0. The van der Waals surface area contributed by atoms with Gasteiger partial charge in [0.25, 0.3) is 0 Å². The lowest BCUT2D eigenvalue weighted by Gasteiger charge is -2.34. The van der Waals surface area contributed by atoms with Gasteiger partial charge in [0.2, 0.25) is 0 Å². The molecular formula is C11H23N3O. The number of hydrogen-bond donors (Lipinski definition) is 1. The molecule has 1 saturated heterocycles. The van der Waals surface area contributed by atoms with E-state index in [0.717, 1.165) is 32.7 Å². The van der Waals surface area contributed by atoms with E-state index in [9.17, 15) is 4.79 Å². The van der Waals surface area contributed by atoms with Crippen LogP contribution in [0, 0.1) is 0 Å². The molecule has 15 heavy (non-hydrogen) atoms. The first-order valence-electron chi connectivity index (χ1n) is 5.91. The second kappa shape index (κ2) is 5.95. The maximum atomic E-state index is 11.7. The fourth-order valence-corrected chi connectivity index (χ4v) is 1.83. The van der Waals surface area contributed by atoms with E-state index in [1.165, 1.54) is 6.42 Å². The van der Waals surface area contributed by atoms with Crippen LogP contribution < -0.4 is 5.32 Å². The molecule has 4 nitrogen and oxygen atoms in total. The van der Waals surface area contributed by atoms with Crippen molar-refractivity contribution in [2.45, 2.75) is 33.2 Å². The highest BCUT2D eigenvalue weighted by Crippen LogP contribution is 2.02. The summed E-state index contributed by atoms with van der Waals surface area (Å²) in [5.74, 6) is 0. The Morgan fingerprint density at radius 3 is 2.33 bits per heavy atom. The normalized spacial score (nSPS) is 18.3. The lowest BCUT2D eigenvalue weighted by atomic mass is 10.3. The molecule has 1 rings (SSSR count). The third kappa shape index (κ3) is 4.08. The van der Waals surface area contributed by atoms with Gasteiger partial charge in [-0.1, -0.05) is 6.92 Å². The van der Waals surface area contributed by atoms with E-state index < -0.39 is 0 Å². The van der Waals surface area contributed by atoms with Crippen LogP contribution in [0.1, 0.15) is 27.2 Å². The molecule has 1 fully saturated rings. The standard InChI is InChI=1S/C11H23N3O/c1-4-5-13-6-8-14(9-7-13)11(15)12-10(2)3/h10H,4-9H2,1-3H3,(H,12,15). The largest absolute Gasteiger partial charge is 0.336 e. The molecule has 0 aliphatic carbocycles. The number of hydrogen-bond acceptors (Lipinski definition) is 2. The summed E-state index contributed by atoms with van der Waals surface area (Å²) in [7, 11) is 0. The summed E-state index contributed by atoms with van der Waals surface area (Å²) in [5, 5.41) is 2.93. The monoisotopic (exact) mass is 213 g/mol. The van der Waals surface area contributed by atoms with Gasteiger partial charge in [-0.15, -0.1) is 0 Å². The average molecular weight is 213 g/mol. The van der Waals surface area contributed by atoms with Gasteiger partial charge in [-0.3, -0.25) is 4.90 Å². The Morgan fingerprint density at radius 2 is 1.87 bits per heavy atom. The number of amides is 2. The molecule has 1 heterocycles. The molecule has 0 aromatic rings. The van der Waals surface area contributed by atoms with E-state index >= 15 is 0 Å². The van der Waals surface area contributed by atoms with Crippen LogP contribution in [0.2, 0.25) is 0 Å². The van der Waals surface area contributed by atoms with E-state index in [0.29, 0.717) is 0 Å². The number of carbonyl (C=O) groups is 1. The highest BCUT2D eigenvalue weighted by atomic mass is 16.2. The highest BCUT2D eigenvalue weighted by molar-refractivity contribution is 5.74. The van der Waals surface area contributed by atoms with Gasteiger partial charge in [-0.2, -0.15) is 0 Å². The highest BCUT2D eigenvalue weighted by Gasteiger charge is 2.20. The van der Waals surface area contributed by atoms with Crippen molar-refractivity contribution in [2.75, 3.05) is 32.7 Å². The van der Waals surface area contributed by atoms with Crippen molar-refractivity contribution in [3.05, 3.63) is 0 Å². The molecule has 0 atom stereocenters. The zero-order valence-corrected chi connectivity index (χ0v) is 10.1.